The average molecular weight is 328 g/mol. The van der Waals surface area contributed by atoms with Gasteiger partial charge >= 0.3 is 0 Å². The van der Waals surface area contributed by atoms with Gasteiger partial charge in [-0.2, -0.15) is 0 Å². The number of anilines is 2. The van der Waals surface area contributed by atoms with Gasteiger partial charge in [0.2, 0.25) is 0 Å². The Hall–Kier alpha value is -3.07. The fourth-order valence-electron chi connectivity index (χ4n) is 3.30. The molecule has 0 bridgehead atoms. The Labute approximate surface area is 147 Å². The van der Waals surface area contributed by atoms with Crippen molar-refractivity contribution in [2.45, 2.75) is 13.3 Å². The van der Waals surface area contributed by atoms with E-state index in [0.717, 1.165) is 35.3 Å². The number of rotatable bonds is 3. The summed E-state index contributed by atoms with van der Waals surface area (Å²) in [6.45, 7) is 2.97. The summed E-state index contributed by atoms with van der Waals surface area (Å²) < 4.78 is 0. The number of fused-ring (bicyclic) bond motifs is 1. The van der Waals surface area contributed by atoms with Gasteiger partial charge in [-0.15, -0.1) is 0 Å². The summed E-state index contributed by atoms with van der Waals surface area (Å²) >= 11 is 0. The smallest absolute Gasteiger partial charge is 0.256 e. The van der Waals surface area contributed by atoms with Crippen LogP contribution in [0, 0.1) is 6.92 Å². The Bertz CT molecular complexity index is 932. The van der Waals surface area contributed by atoms with E-state index in [1.807, 2.05) is 67.6 Å². The quantitative estimate of drug-likeness (QED) is 0.719. The standard InChI is InChI=1S/C22H20N2O/c1-15-7-9-19(16-5-3-2-4-6-16)20(13-15)22(25)24-18-8-10-21-17(14-18)11-12-23-21/h2-10,13-14,23H,11-12H2,1H3,(H,24,25). The molecule has 124 valence electrons. The van der Waals surface area contributed by atoms with Crippen LogP contribution in [0.15, 0.2) is 66.7 Å². The minimum atomic E-state index is -0.0755. The van der Waals surface area contributed by atoms with Crippen molar-refractivity contribution < 1.29 is 4.79 Å². The Kier molecular flexibility index (Phi) is 3.98. The predicted molar refractivity (Wildman–Crippen MR) is 103 cm³/mol. The molecule has 1 heterocycles. The third-order valence-electron chi connectivity index (χ3n) is 4.58. The first kappa shape index (κ1) is 15.5. The Morgan fingerprint density at radius 1 is 1.00 bits per heavy atom. The molecule has 0 unspecified atom stereocenters. The van der Waals surface area contributed by atoms with E-state index in [1.54, 1.807) is 0 Å². The molecule has 0 fully saturated rings. The zero-order valence-corrected chi connectivity index (χ0v) is 14.2. The van der Waals surface area contributed by atoms with Crippen LogP contribution < -0.4 is 10.6 Å². The van der Waals surface area contributed by atoms with Crippen LogP contribution in [0.1, 0.15) is 21.5 Å². The number of benzene rings is 3. The summed E-state index contributed by atoms with van der Waals surface area (Å²) in [5, 5.41) is 6.40. The molecule has 0 spiro atoms. The van der Waals surface area contributed by atoms with Crippen molar-refractivity contribution in [2.75, 3.05) is 17.2 Å². The molecule has 3 aromatic rings. The Balaban J connectivity index is 1.67. The summed E-state index contributed by atoms with van der Waals surface area (Å²) in [5.41, 5.74) is 7.03. The molecule has 0 aromatic heterocycles. The van der Waals surface area contributed by atoms with E-state index in [2.05, 4.69) is 16.7 Å². The topological polar surface area (TPSA) is 41.1 Å². The van der Waals surface area contributed by atoms with Crippen molar-refractivity contribution in [3.63, 3.8) is 0 Å². The third kappa shape index (κ3) is 3.13. The van der Waals surface area contributed by atoms with Gasteiger partial charge in [-0.25, -0.2) is 0 Å². The van der Waals surface area contributed by atoms with E-state index >= 15 is 0 Å². The van der Waals surface area contributed by atoms with Crippen molar-refractivity contribution in [1.82, 2.24) is 0 Å². The summed E-state index contributed by atoms with van der Waals surface area (Å²) in [7, 11) is 0. The van der Waals surface area contributed by atoms with Crippen molar-refractivity contribution >= 4 is 17.3 Å². The van der Waals surface area contributed by atoms with Crippen molar-refractivity contribution in [3.8, 4) is 11.1 Å². The lowest BCUT2D eigenvalue weighted by Crippen LogP contribution is -2.13. The van der Waals surface area contributed by atoms with Crippen LogP contribution in [-0.2, 0) is 6.42 Å². The monoisotopic (exact) mass is 328 g/mol. The second kappa shape index (κ2) is 6.44. The molecular weight excluding hydrogens is 308 g/mol. The summed E-state index contributed by atoms with van der Waals surface area (Å²) in [6, 6.07) is 22.1. The number of aryl methyl sites for hydroxylation is 1. The first-order valence-corrected chi connectivity index (χ1v) is 8.55. The lowest BCUT2D eigenvalue weighted by atomic mass is 9.97. The normalized spacial score (nSPS) is 12.4. The SMILES string of the molecule is Cc1ccc(-c2ccccc2)c(C(=O)Nc2ccc3c(c2)CCN3)c1. The summed E-state index contributed by atoms with van der Waals surface area (Å²) in [6.07, 6.45) is 0.999. The fraction of sp³-hybridized carbons (Fsp3) is 0.136. The molecule has 0 saturated carbocycles. The van der Waals surface area contributed by atoms with Gasteiger partial charge in [-0.05, 0) is 54.3 Å². The van der Waals surface area contributed by atoms with Crippen molar-refractivity contribution in [3.05, 3.63) is 83.4 Å². The van der Waals surface area contributed by atoms with Gasteiger partial charge in [-0.3, -0.25) is 4.79 Å². The van der Waals surface area contributed by atoms with Crippen molar-refractivity contribution in [1.29, 1.82) is 0 Å². The molecule has 0 saturated heterocycles. The molecule has 3 heteroatoms. The molecule has 4 rings (SSSR count). The third-order valence-corrected chi connectivity index (χ3v) is 4.58. The summed E-state index contributed by atoms with van der Waals surface area (Å²) in [4.78, 5) is 12.9. The highest BCUT2D eigenvalue weighted by Gasteiger charge is 2.15. The van der Waals surface area contributed by atoms with E-state index in [0.29, 0.717) is 5.56 Å². The molecule has 0 radical (unpaired) electrons. The highest BCUT2D eigenvalue weighted by Crippen LogP contribution is 2.28. The van der Waals surface area contributed by atoms with E-state index in [9.17, 15) is 4.79 Å². The highest BCUT2D eigenvalue weighted by atomic mass is 16.1. The number of carbonyl (C=O) groups excluding carboxylic acids is 1. The van der Waals surface area contributed by atoms with Gasteiger partial charge in [0.15, 0.2) is 0 Å². The number of carbonyl (C=O) groups is 1. The highest BCUT2D eigenvalue weighted by molar-refractivity contribution is 6.09. The lowest BCUT2D eigenvalue weighted by Gasteiger charge is -2.12. The van der Waals surface area contributed by atoms with Crippen LogP contribution >= 0.6 is 0 Å². The number of amides is 1. The minimum Gasteiger partial charge on any atom is -0.384 e. The minimum absolute atomic E-state index is 0.0755. The van der Waals surface area contributed by atoms with Crippen LogP contribution in [0.25, 0.3) is 11.1 Å². The molecule has 3 aromatic carbocycles. The van der Waals surface area contributed by atoms with E-state index in [1.165, 1.54) is 11.3 Å². The Morgan fingerprint density at radius 3 is 2.68 bits per heavy atom. The number of nitrogens with one attached hydrogen (secondary N) is 2. The molecule has 0 atom stereocenters. The first-order chi connectivity index (χ1) is 12.2. The van der Waals surface area contributed by atoms with Crippen molar-refractivity contribution in [2.24, 2.45) is 0 Å². The summed E-state index contributed by atoms with van der Waals surface area (Å²) in [5.74, 6) is -0.0755. The van der Waals surface area contributed by atoms with Gasteiger partial charge in [-0.1, -0.05) is 48.0 Å². The van der Waals surface area contributed by atoms with Gasteiger partial charge in [0.1, 0.15) is 0 Å². The largest absolute Gasteiger partial charge is 0.384 e. The second-order valence-corrected chi connectivity index (χ2v) is 6.42. The molecule has 1 aliphatic rings. The van der Waals surface area contributed by atoms with Crippen LogP contribution in [0.4, 0.5) is 11.4 Å². The maximum Gasteiger partial charge on any atom is 0.256 e. The van der Waals surface area contributed by atoms with E-state index in [-0.39, 0.29) is 5.91 Å². The zero-order valence-electron chi connectivity index (χ0n) is 14.2. The van der Waals surface area contributed by atoms with Gasteiger partial charge in [0, 0.05) is 23.5 Å². The second-order valence-electron chi connectivity index (χ2n) is 6.42. The van der Waals surface area contributed by atoms with E-state index in [4.69, 9.17) is 0 Å². The maximum atomic E-state index is 12.9. The van der Waals surface area contributed by atoms with Crippen LogP contribution in [-0.4, -0.2) is 12.5 Å². The molecule has 3 nitrogen and oxygen atoms in total. The van der Waals surface area contributed by atoms with Gasteiger partial charge < -0.3 is 10.6 Å². The van der Waals surface area contributed by atoms with Crippen LogP contribution in [0.3, 0.4) is 0 Å². The molecule has 1 aliphatic heterocycles. The molecule has 0 aliphatic carbocycles. The maximum absolute atomic E-state index is 12.9. The lowest BCUT2D eigenvalue weighted by molar-refractivity contribution is 0.102. The fourth-order valence-corrected chi connectivity index (χ4v) is 3.30. The number of hydrogen-bond donors (Lipinski definition) is 2. The van der Waals surface area contributed by atoms with Crippen LogP contribution in [0.5, 0.6) is 0 Å². The van der Waals surface area contributed by atoms with Crippen LogP contribution in [0.2, 0.25) is 0 Å². The van der Waals surface area contributed by atoms with E-state index < -0.39 is 0 Å². The average Bonchev–Trinajstić information content (AvgIpc) is 3.10. The van der Waals surface area contributed by atoms with Gasteiger partial charge in [0.25, 0.3) is 5.91 Å². The first-order valence-electron chi connectivity index (χ1n) is 8.55. The molecular formula is C22H20N2O. The molecule has 2 N–H and O–H groups in total. The van der Waals surface area contributed by atoms with Gasteiger partial charge in [0.05, 0.1) is 0 Å². The number of hydrogen-bond acceptors (Lipinski definition) is 2. The molecule has 1 amide bonds. The zero-order chi connectivity index (χ0) is 17.2. The predicted octanol–water partition coefficient (Wildman–Crippen LogP) is 4.88. The Morgan fingerprint density at radius 2 is 1.84 bits per heavy atom. The molecule has 25 heavy (non-hydrogen) atoms.